The minimum Gasteiger partial charge on any atom is -0.462 e. The minimum atomic E-state index is -0.362. The van der Waals surface area contributed by atoms with Crippen molar-refractivity contribution >= 4 is 51.2 Å². The molecule has 0 spiro atoms. The molecule has 1 heterocycles. The molecule has 2 aromatic carbocycles. The van der Waals surface area contributed by atoms with Crippen LogP contribution in [0.5, 0.6) is 0 Å². The SMILES string of the molecule is CCOC(=O)c1c(NC(=S)NCc2ccc(Cl)cc2)sc(C)c1-c1ccccc1. The van der Waals surface area contributed by atoms with Crippen LogP contribution in [0, 0.1) is 6.92 Å². The summed E-state index contributed by atoms with van der Waals surface area (Å²) in [5.74, 6) is -0.362. The number of halogens is 1. The highest BCUT2D eigenvalue weighted by molar-refractivity contribution is 7.80. The van der Waals surface area contributed by atoms with Crippen LogP contribution in [0.25, 0.3) is 11.1 Å². The first-order valence-corrected chi connectivity index (χ1v) is 10.7. The molecule has 3 aromatic rings. The van der Waals surface area contributed by atoms with E-state index in [1.54, 1.807) is 6.92 Å². The Labute approximate surface area is 184 Å². The van der Waals surface area contributed by atoms with E-state index in [1.807, 2.05) is 61.5 Å². The number of carbonyl (C=O) groups is 1. The number of hydrogen-bond donors (Lipinski definition) is 2. The Bertz CT molecular complexity index is 1000. The predicted octanol–water partition coefficient (Wildman–Crippen LogP) is 6.04. The van der Waals surface area contributed by atoms with Crippen molar-refractivity contribution in [2.45, 2.75) is 20.4 Å². The molecule has 0 bridgehead atoms. The highest BCUT2D eigenvalue weighted by atomic mass is 35.5. The van der Waals surface area contributed by atoms with Gasteiger partial charge >= 0.3 is 5.97 Å². The van der Waals surface area contributed by atoms with Crippen LogP contribution in [-0.2, 0) is 11.3 Å². The van der Waals surface area contributed by atoms with Gasteiger partial charge in [0.2, 0.25) is 0 Å². The van der Waals surface area contributed by atoms with Crippen molar-refractivity contribution in [3.8, 4) is 11.1 Å². The number of hydrogen-bond acceptors (Lipinski definition) is 4. The van der Waals surface area contributed by atoms with Crippen LogP contribution >= 0.6 is 35.2 Å². The maximum atomic E-state index is 12.7. The van der Waals surface area contributed by atoms with Crippen LogP contribution in [0.3, 0.4) is 0 Å². The fourth-order valence-corrected chi connectivity index (χ4v) is 4.35. The number of benzene rings is 2. The third-order valence-electron chi connectivity index (χ3n) is 4.22. The van der Waals surface area contributed by atoms with E-state index < -0.39 is 0 Å². The minimum absolute atomic E-state index is 0.306. The summed E-state index contributed by atoms with van der Waals surface area (Å²) in [6.07, 6.45) is 0. The number of carbonyl (C=O) groups excluding carboxylic acids is 1. The maximum absolute atomic E-state index is 12.7. The Morgan fingerprint density at radius 2 is 1.83 bits per heavy atom. The molecule has 0 radical (unpaired) electrons. The molecule has 0 amide bonds. The molecular formula is C22H21ClN2O2S2. The lowest BCUT2D eigenvalue weighted by Crippen LogP contribution is -2.28. The van der Waals surface area contributed by atoms with Gasteiger partial charge < -0.3 is 15.4 Å². The molecule has 150 valence electrons. The molecule has 4 nitrogen and oxygen atoms in total. The van der Waals surface area contributed by atoms with Crippen LogP contribution in [0.2, 0.25) is 5.02 Å². The van der Waals surface area contributed by atoms with Crippen molar-refractivity contribution in [2.24, 2.45) is 0 Å². The van der Waals surface area contributed by atoms with E-state index in [9.17, 15) is 4.79 Å². The van der Waals surface area contributed by atoms with Crippen molar-refractivity contribution < 1.29 is 9.53 Å². The fraction of sp³-hybridized carbons (Fsp3) is 0.182. The van der Waals surface area contributed by atoms with Gasteiger partial charge in [-0.2, -0.15) is 0 Å². The van der Waals surface area contributed by atoms with Crippen LogP contribution in [0.4, 0.5) is 5.00 Å². The zero-order valence-corrected chi connectivity index (χ0v) is 18.5. The summed E-state index contributed by atoms with van der Waals surface area (Å²) in [5.41, 5.74) is 3.40. The molecule has 0 aliphatic carbocycles. The molecule has 0 aliphatic heterocycles. The summed E-state index contributed by atoms with van der Waals surface area (Å²) in [6, 6.07) is 17.4. The van der Waals surface area contributed by atoms with Gasteiger partial charge in [-0.25, -0.2) is 4.79 Å². The van der Waals surface area contributed by atoms with Gasteiger partial charge in [-0.3, -0.25) is 0 Å². The first-order chi connectivity index (χ1) is 14.0. The molecule has 3 rings (SSSR count). The quantitative estimate of drug-likeness (QED) is 0.358. The topological polar surface area (TPSA) is 50.4 Å². The van der Waals surface area contributed by atoms with Gasteiger partial charge in [-0.15, -0.1) is 11.3 Å². The monoisotopic (exact) mass is 444 g/mol. The standard InChI is InChI=1S/C22H21ClN2O2S2/c1-3-27-21(26)19-18(16-7-5-4-6-8-16)14(2)29-20(19)25-22(28)24-13-15-9-11-17(23)12-10-15/h4-12H,3,13H2,1-2H3,(H2,24,25,28). The van der Waals surface area contributed by atoms with Crippen molar-refractivity contribution in [1.82, 2.24) is 5.32 Å². The first-order valence-electron chi connectivity index (χ1n) is 9.14. The summed E-state index contributed by atoms with van der Waals surface area (Å²) < 4.78 is 5.32. The van der Waals surface area contributed by atoms with Crippen LogP contribution in [-0.4, -0.2) is 17.7 Å². The molecule has 0 fully saturated rings. The largest absolute Gasteiger partial charge is 0.462 e. The molecule has 7 heteroatoms. The summed E-state index contributed by atoms with van der Waals surface area (Å²) in [4.78, 5) is 13.7. The molecular weight excluding hydrogens is 424 g/mol. The van der Waals surface area contributed by atoms with E-state index in [0.717, 1.165) is 21.6 Å². The highest BCUT2D eigenvalue weighted by Crippen LogP contribution is 2.40. The summed E-state index contributed by atoms with van der Waals surface area (Å²) in [7, 11) is 0. The molecule has 1 aromatic heterocycles. The average molecular weight is 445 g/mol. The highest BCUT2D eigenvalue weighted by Gasteiger charge is 2.24. The third kappa shape index (κ3) is 5.35. The summed E-state index contributed by atoms with van der Waals surface area (Å²) >= 11 is 12.9. The lowest BCUT2D eigenvalue weighted by molar-refractivity contribution is 0.0529. The van der Waals surface area contributed by atoms with Crippen molar-refractivity contribution in [1.29, 1.82) is 0 Å². The van der Waals surface area contributed by atoms with E-state index in [1.165, 1.54) is 11.3 Å². The second-order valence-corrected chi connectivity index (χ2v) is 8.33. The van der Waals surface area contributed by atoms with Gasteiger partial charge in [0.15, 0.2) is 5.11 Å². The van der Waals surface area contributed by atoms with Gasteiger partial charge in [0.05, 0.1) is 6.61 Å². The maximum Gasteiger partial charge on any atom is 0.341 e. The number of esters is 1. The molecule has 0 unspecified atom stereocenters. The van der Waals surface area contributed by atoms with Crippen LogP contribution in [0.15, 0.2) is 54.6 Å². The van der Waals surface area contributed by atoms with Crippen LogP contribution < -0.4 is 10.6 Å². The Morgan fingerprint density at radius 3 is 2.48 bits per heavy atom. The van der Waals surface area contributed by atoms with E-state index in [0.29, 0.717) is 33.9 Å². The lowest BCUT2D eigenvalue weighted by atomic mass is 10.0. The van der Waals surface area contributed by atoms with E-state index in [2.05, 4.69) is 10.6 Å². The Hall–Kier alpha value is -2.41. The molecule has 29 heavy (non-hydrogen) atoms. The number of thiocarbonyl (C=S) groups is 1. The smallest absolute Gasteiger partial charge is 0.341 e. The Morgan fingerprint density at radius 1 is 1.14 bits per heavy atom. The summed E-state index contributed by atoms with van der Waals surface area (Å²) in [6.45, 7) is 4.64. The second-order valence-electron chi connectivity index (χ2n) is 6.26. The fourth-order valence-electron chi connectivity index (χ4n) is 2.92. The number of thiophene rings is 1. The van der Waals surface area contributed by atoms with Gasteiger partial charge in [0.25, 0.3) is 0 Å². The average Bonchev–Trinajstić information content (AvgIpc) is 3.04. The zero-order chi connectivity index (χ0) is 20.8. The summed E-state index contributed by atoms with van der Waals surface area (Å²) in [5, 5.41) is 8.14. The third-order valence-corrected chi connectivity index (χ3v) is 5.74. The molecule has 0 atom stereocenters. The Balaban J connectivity index is 1.83. The first kappa shape index (κ1) is 21.3. The predicted molar refractivity (Wildman–Crippen MR) is 125 cm³/mol. The zero-order valence-electron chi connectivity index (χ0n) is 16.1. The van der Waals surface area contributed by atoms with Gasteiger partial charge in [-0.05, 0) is 49.3 Å². The van der Waals surface area contributed by atoms with Gasteiger partial charge in [0, 0.05) is 22.0 Å². The molecule has 0 saturated carbocycles. The van der Waals surface area contributed by atoms with E-state index in [-0.39, 0.29) is 5.97 Å². The van der Waals surface area contributed by atoms with Crippen molar-refractivity contribution in [2.75, 3.05) is 11.9 Å². The number of aryl methyl sites for hydroxylation is 1. The van der Waals surface area contributed by atoms with Gasteiger partial charge in [-0.1, -0.05) is 54.1 Å². The van der Waals surface area contributed by atoms with Crippen LogP contribution in [0.1, 0.15) is 27.7 Å². The normalized spacial score (nSPS) is 10.4. The van der Waals surface area contributed by atoms with Crippen molar-refractivity contribution in [3.05, 3.63) is 75.6 Å². The number of ether oxygens (including phenoxy) is 1. The number of nitrogens with one attached hydrogen (secondary N) is 2. The molecule has 2 N–H and O–H groups in total. The number of anilines is 1. The molecule has 0 saturated heterocycles. The second kappa shape index (κ2) is 9.87. The number of rotatable bonds is 6. The molecule has 0 aliphatic rings. The van der Waals surface area contributed by atoms with Gasteiger partial charge in [0.1, 0.15) is 10.6 Å². The lowest BCUT2D eigenvalue weighted by Gasteiger charge is -2.12. The van der Waals surface area contributed by atoms with Crippen molar-refractivity contribution in [3.63, 3.8) is 0 Å². The van der Waals surface area contributed by atoms with E-state index in [4.69, 9.17) is 28.6 Å². The van der Waals surface area contributed by atoms with E-state index >= 15 is 0 Å². The Kier molecular flexibility index (Phi) is 7.25.